The third-order valence-corrected chi connectivity index (χ3v) is 4.86. The average molecular weight is 269 g/mol. The van der Waals surface area contributed by atoms with Crippen LogP contribution in [0, 0.1) is 11.3 Å². The van der Waals surface area contributed by atoms with Crippen LogP contribution in [0.15, 0.2) is 0 Å². The third kappa shape index (κ3) is 1.30. The van der Waals surface area contributed by atoms with Gasteiger partial charge in [-0.3, -0.25) is 10.1 Å². The van der Waals surface area contributed by atoms with E-state index >= 15 is 0 Å². The number of hydrogen-bond acceptors (Lipinski definition) is 7. The number of nitrogens with one attached hydrogen (secondary N) is 1. The fourth-order valence-electron chi connectivity index (χ4n) is 3.23. The van der Waals surface area contributed by atoms with Crippen LogP contribution in [-0.2, 0) is 9.53 Å². The molecular formula is C10H15N5O2S. The van der Waals surface area contributed by atoms with Gasteiger partial charge in [0, 0.05) is 29.5 Å². The van der Waals surface area contributed by atoms with E-state index in [1.54, 1.807) is 0 Å². The van der Waals surface area contributed by atoms with E-state index in [9.17, 15) is 4.79 Å². The first-order chi connectivity index (χ1) is 8.48. The van der Waals surface area contributed by atoms with Gasteiger partial charge < -0.3 is 10.5 Å². The summed E-state index contributed by atoms with van der Waals surface area (Å²) in [6.45, 7) is 4.61. The lowest BCUT2D eigenvalue weighted by molar-refractivity contribution is -0.170. The number of fused-ring (bicyclic) bond motifs is 1. The summed E-state index contributed by atoms with van der Waals surface area (Å²) in [5, 5.41) is 10.2. The molecule has 2 aliphatic rings. The highest BCUT2D eigenvalue weighted by Gasteiger charge is 2.71. The molecule has 8 heteroatoms. The molecule has 98 valence electrons. The topological polar surface area (TPSA) is 103 Å². The summed E-state index contributed by atoms with van der Waals surface area (Å²) in [6.07, 6.45) is 0.896. The molecule has 7 nitrogen and oxygen atoms in total. The number of hydrogen-bond donors (Lipinski definition) is 2. The zero-order chi connectivity index (χ0) is 13.0. The number of amides is 1. The Hall–Kier alpha value is -1.12. The van der Waals surface area contributed by atoms with Crippen LogP contribution in [0.5, 0.6) is 0 Å². The highest BCUT2D eigenvalue weighted by Crippen LogP contribution is 2.58. The van der Waals surface area contributed by atoms with Gasteiger partial charge >= 0.3 is 0 Å². The van der Waals surface area contributed by atoms with Gasteiger partial charge in [-0.15, -0.1) is 0 Å². The van der Waals surface area contributed by atoms with Crippen LogP contribution in [0.25, 0.3) is 0 Å². The summed E-state index contributed by atoms with van der Waals surface area (Å²) in [7, 11) is 0. The van der Waals surface area contributed by atoms with E-state index < -0.39 is 5.54 Å². The normalized spacial score (nSPS) is 36.8. The van der Waals surface area contributed by atoms with Gasteiger partial charge in [0.1, 0.15) is 5.54 Å². The predicted molar refractivity (Wildman–Crippen MR) is 64.9 cm³/mol. The molecule has 3 unspecified atom stereocenters. The van der Waals surface area contributed by atoms with Crippen LogP contribution in [0.3, 0.4) is 0 Å². The number of aromatic nitrogens is 3. The Morgan fingerprint density at radius 3 is 3.06 bits per heavy atom. The molecule has 1 aromatic heterocycles. The maximum absolute atomic E-state index is 12.4. The highest BCUT2D eigenvalue weighted by atomic mass is 32.1. The van der Waals surface area contributed by atoms with Gasteiger partial charge in [-0.1, -0.05) is 23.4 Å². The lowest BCUT2D eigenvalue weighted by Crippen LogP contribution is -2.79. The van der Waals surface area contributed by atoms with Gasteiger partial charge in [-0.25, -0.2) is 0 Å². The second kappa shape index (κ2) is 3.69. The SMILES string of the molecule is CC1(C)C2OCCC2C1(N)C(=O)Nc1nnns1. The first kappa shape index (κ1) is 11.9. The molecule has 1 aliphatic heterocycles. The molecule has 0 spiro atoms. The second-order valence-electron chi connectivity index (χ2n) is 5.40. The minimum absolute atomic E-state index is 0.0702. The molecule has 2 fully saturated rings. The van der Waals surface area contributed by atoms with E-state index in [4.69, 9.17) is 10.5 Å². The van der Waals surface area contributed by atoms with Gasteiger partial charge in [0.15, 0.2) is 0 Å². The molecule has 18 heavy (non-hydrogen) atoms. The summed E-state index contributed by atoms with van der Waals surface area (Å²) in [5.74, 6) is -0.147. The summed E-state index contributed by atoms with van der Waals surface area (Å²) < 4.78 is 9.25. The van der Waals surface area contributed by atoms with Crippen molar-refractivity contribution in [3.05, 3.63) is 0 Å². The Kier molecular flexibility index (Phi) is 2.45. The van der Waals surface area contributed by atoms with Crippen molar-refractivity contribution < 1.29 is 9.53 Å². The Morgan fingerprint density at radius 2 is 2.39 bits per heavy atom. The van der Waals surface area contributed by atoms with Gasteiger partial charge in [0.05, 0.1) is 6.10 Å². The average Bonchev–Trinajstić information content (AvgIpc) is 2.97. The number of ether oxygens (including phenoxy) is 1. The van der Waals surface area contributed by atoms with E-state index in [0.717, 1.165) is 18.0 Å². The van der Waals surface area contributed by atoms with Crippen LogP contribution in [0.4, 0.5) is 5.13 Å². The molecule has 0 radical (unpaired) electrons. The van der Waals surface area contributed by atoms with E-state index in [-0.39, 0.29) is 23.3 Å². The second-order valence-corrected chi connectivity index (χ2v) is 6.13. The van der Waals surface area contributed by atoms with Gasteiger partial charge in [0.25, 0.3) is 0 Å². The van der Waals surface area contributed by atoms with E-state index in [2.05, 4.69) is 20.1 Å². The fraction of sp³-hybridized carbons (Fsp3) is 0.800. The summed E-state index contributed by atoms with van der Waals surface area (Å²) in [4.78, 5) is 12.4. The molecule has 1 aliphatic carbocycles. The molecule has 2 heterocycles. The number of carbonyl (C=O) groups is 1. The molecule has 1 saturated carbocycles. The molecule has 3 rings (SSSR count). The summed E-state index contributed by atoms with van der Waals surface area (Å²) in [6, 6.07) is 0. The zero-order valence-electron chi connectivity index (χ0n) is 10.2. The first-order valence-corrected chi connectivity index (χ1v) is 6.62. The van der Waals surface area contributed by atoms with Crippen molar-refractivity contribution in [3.63, 3.8) is 0 Å². The van der Waals surface area contributed by atoms with Crippen molar-refractivity contribution in [3.8, 4) is 0 Å². The molecule has 0 bridgehead atoms. The molecular weight excluding hydrogens is 254 g/mol. The van der Waals surface area contributed by atoms with Crippen LogP contribution in [0.2, 0.25) is 0 Å². The Bertz CT molecular complexity index is 477. The summed E-state index contributed by atoms with van der Waals surface area (Å²) in [5.41, 5.74) is 5.07. The smallest absolute Gasteiger partial charge is 0.247 e. The zero-order valence-corrected chi connectivity index (χ0v) is 11.0. The van der Waals surface area contributed by atoms with Crippen molar-refractivity contribution in [2.24, 2.45) is 17.1 Å². The van der Waals surface area contributed by atoms with Gasteiger partial charge in [0.2, 0.25) is 11.0 Å². The Morgan fingerprint density at radius 1 is 1.61 bits per heavy atom. The predicted octanol–water partition coefficient (Wildman–Crippen LogP) is 0.0140. The molecule has 3 atom stereocenters. The van der Waals surface area contributed by atoms with E-state index in [1.165, 1.54) is 0 Å². The van der Waals surface area contributed by atoms with Crippen molar-refractivity contribution in [2.45, 2.75) is 31.9 Å². The largest absolute Gasteiger partial charge is 0.377 e. The van der Waals surface area contributed by atoms with Crippen LogP contribution in [-0.4, -0.2) is 39.0 Å². The monoisotopic (exact) mass is 269 g/mol. The quantitative estimate of drug-likeness (QED) is 0.784. The fourth-order valence-corrected chi connectivity index (χ4v) is 3.59. The Labute approximate surface area is 108 Å². The van der Waals surface area contributed by atoms with Crippen LogP contribution >= 0.6 is 11.5 Å². The van der Waals surface area contributed by atoms with Gasteiger partial charge in [-0.05, 0) is 11.6 Å². The van der Waals surface area contributed by atoms with Crippen LogP contribution < -0.4 is 11.1 Å². The minimum atomic E-state index is -0.917. The number of nitrogens with two attached hydrogens (primary N) is 1. The summed E-state index contributed by atoms with van der Waals surface area (Å²) >= 11 is 1.04. The van der Waals surface area contributed by atoms with E-state index in [0.29, 0.717) is 11.7 Å². The minimum Gasteiger partial charge on any atom is -0.377 e. The highest BCUT2D eigenvalue weighted by molar-refractivity contribution is 7.09. The number of rotatable bonds is 2. The van der Waals surface area contributed by atoms with Crippen molar-refractivity contribution in [1.29, 1.82) is 0 Å². The van der Waals surface area contributed by atoms with Crippen LogP contribution in [0.1, 0.15) is 20.3 Å². The molecule has 3 N–H and O–H groups in total. The number of anilines is 1. The molecule has 0 aromatic carbocycles. The standard InChI is InChI=1S/C10H15N5O2S/c1-9(2)6-5(3-4-17-6)10(9,11)7(16)12-8-13-14-15-18-8/h5-6H,3-4,11H2,1-2H3,(H,12,13,15,16). The lowest BCUT2D eigenvalue weighted by atomic mass is 9.48. The molecule has 1 saturated heterocycles. The van der Waals surface area contributed by atoms with E-state index in [1.807, 2.05) is 13.8 Å². The first-order valence-electron chi connectivity index (χ1n) is 5.85. The van der Waals surface area contributed by atoms with Crippen molar-refractivity contribution in [1.82, 2.24) is 14.8 Å². The van der Waals surface area contributed by atoms with Crippen molar-refractivity contribution >= 4 is 22.6 Å². The maximum atomic E-state index is 12.4. The maximum Gasteiger partial charge on any atom is 0.247 e. The third-order valence-electron chi connectivity index (χ3n) is 4.35. The molecule has 1 aromatic rings. The Balaban J connectivity index is 1.84. The number of nitrogens with zero attached hydrogens (tertiary/aromatic N) is 3. The van der Waals surface area contributed by atoms with Gasteiger partial charge in [-0.2, -0.15) is 0 Å². The lowest BCUT2D eigenvalue weighted by Gasteiger charge is -2.60. The number of carbonyl (C=O) groups excluding carboxylic acids is 1. The molecule has 1 amide bonds. The van der Waals surface area contributed by atoms with Crippen molar-refractivity contribution in [2.75, 3.05) is 11.9 Å².